The van der Waals surface area contributed by atoms with E-state index < -0.39 is 23.1 Å². The third kappa shape index (κ3) is 5.02. The van der Waals surface area contributed by atoms with Gasteiger partial charge < -0.3 is 4.74 Å². The molecule has 0 aliphatic rings. The molecule has 0 saturated carbocycles. The number of hydrogen-bond acceptors (Lipinski definition) is 4. The molecule has 20 heavy (non-hydrogen) atoms. The highest BCUT2D eigenvalue weighted by Gasteiger charge is 2.15. The number of rotatable bonds is 7. The highest BCUT2D eigenvalue weighted by Crippen LogP contribution is 2.19. The second kappa shape index (κ2) is 7.50. The van der Waals surface area contributed by atoms with Gasteiger partial charge in [0.05, 0.1) is 22.1 Å². The summed E-state index contributed by atoms with van der Waals surface area (Å²) in [6.45, 7) is -1.06. The molecule has 0 radical (unpaired) electrons. The fraction of sp³-hybridized carbons (Fsp3) is 0.364. The van der Waals surface area contributed by atoms with Crippen LogP contribution in [0.1, 0.15) is 5.56 Å². The monoisotopic (exact) mass is 324 g/mol. The third-order valence-electron chi connectivity index (χ3n) is 2.15. The number of nitrogens with one attached hydrogen (secondary N) is 1. The van der Waals surface area contributed by atoms with Crippen molar-refractivity contribution in [1.29, 1.82) is 5.26 Å². The van der Waals surface area contributed by atoms with E-state index in [2.05, 4.69) is 9.46 Å². The zero-order chi connectivity index (χ0) is 15.2. The Hall–Kier alpha value is -1.27. The lowest BCUT2D eigenvalue weighted by atomic mass is 10.2. The van der Waals surface area contributed by atoms with Crippen LogP contribution in [0.5, 0.6) is 0 Å². The minimum Gasteiger partial charge on any atom is -0.374 e. The molecule has 9 heteroatoms. The van der Waals surface area contributed by atoms with Crippen LogP contribution in [0.15, 0.2) is 23.1 Å². The van der Waals surface area contributed by atoms with Gasteiger partial charge in [-0.2, -0.15) is 5.26 Å². The van der Waals surface area contributed by atoms with E-state index in [4.69, 9.17) is 16.9 Å². The lowest BCUT2D eigenvalue weighted by Gasteiger charge is -2.08. The van der Waals surface area contributed by atoms with Crippen LogP contribution in [0.3, 0.4) is 0 Å². The summed E-state index contributed by atoms with van der Waals surface area (Å²) in [7, 11) is -3.82. The molecule has 0 spiro atoms. The molecule has 0 heterocycles. The molecule has 1 rings (SSSR count). The molecule has 0 atom stereocenters. The molecule has 5 nitrogen and oxygen atoms in total. The van der Waals surface area contributed by atoms with E-state index in [-0.39, 0.29) is 28.6 Å². The average molecular weight is 325 g/mol. The van der Waals surface area contributed by atoms with E-state index >= 15 is 0 Å². The van der Waals surface area contributed by atoms with Gasteiger partial charge in [-0.25, -0.2) is 21.9 Å². The quantitative estimate of drug-likeness (QED) is 0.775. The molecule has 0 bridgehead atoms. The molecule has 0 aliphatic heterocycles. The van der Waals surface area contributed by atoms with E-state index in [1.807, 2.05) is 0 Å². The lowest BCUT2D eigenvalue weighted by Crippen LogP contribution is -2.28. The van der Waals surface area contributed by atoms with Crippen LogP contribution < -0.4 is 4.72 Å². The summed E-state index contributed by atoms with van der Waals surface area (Å²) in [5.74, 6) is 0. The minimum atomic E-state index is -3.82. The molecule has 0 aliphatic carbocycles. The maximum atomic E-state index is 11.8. The Labute approximate surface area is 120 Å². The second-order valence-electron chi connectivity index (χ2n) is 3.62. The molecule has 0 saturated heterocycles. The largest absolute Gasteiger partial charge is 0.374 e. The van der Waals surface area contributed by atoms with Crippen molar-refractivity contribution in [3.8, 4) is 6.07 Å². The SMILES string of the molecule is N#Cc1ccc(S(=O)(=O)NCCOCC(F)F)cc1Cl. The summed E-state index contributed by atoms with van der Waals surface area (Å²) >= 11 is 5.73. The van der Waals surface area contributed by atoms with E-state index in [0.29, 0.717) is 0 Å². The molecular weight excluding hydrogens is 314 g/mol. The molecule has 0 unspecified atom stereocenters. The van der Waals surface area contributed by atoms with Crippen LogP contribution in [-0.4, -0.2) is 34.6 Å². The summed E-state index contributed by atoms with van der Waals surface area (Å²) in [6.07, 6.45) is -2.59. The first-order valence-corrected chi connectivity index (χ1v) is 7.28. The number of nitriles is 1. The third-order valence-corrected chi connectivity index (χ3v) is 3.93. The molecule has 1 aromatic carbocycles. The summed E-state index contributed by atoms with van der Waals surface area (Å²) in [5, 5.41) is 8.70. The highest BCUT2D eigenvalue weighted by atomic mass is 35.5. The molecule has 1 N–H and O–H groups in total. The van der Waals surface area contributed by atoms with Crippen LogP contribution >= 0.6 is 11.6 Å². The predicted molar refractivity (Wildman–Crippen MR) is 68.2 cm³/mol. The number of alkyl halides is 2. The maximum absolute atomic E-state index is 11.8. The van der Waals surface area contributed by atoms with E-state index in [1.165, 1.54) is 12.1 Å². The van der Waals surface area contributed by atoms with Gasteiger partial charge >= 0.3 is 0 Å². The Bertz CT molecular complexity index is 602. The Kier molecular flexibility index (Phi) is 6.29. The molecule has 0 amide bonds. The first kappa shape index (κ1) is 16.8. The average Bonchev–Trinajstić information content (AvgIpc) is 2.37. The Morgan fingerprint density at radius 3 is 2.70 bits per heavy atom. The first-order chi connectivity index (χ1) is 9.36. The van der Waals surface area contributed by atoms with E-state index in [1.54, 1.807) is 6.07 Å². The minimum absolute atomic E-state index is 0.0179. The van der Waals surface area contributed by atoms with Crippen molar-refractivity contribution in [2.75, 3.05) is 19.8 Å². The summed E-state index contributed by atoms with van der Waals surface area (Å²) in [6, 6.07) is 5.46. The maximum Gasteiger partial charge on any atom is 0.261 e. The predicted octanol–water partition coefficient (Wildman–Crippen LogP) is 1.77. The van der Waals surface area contributed by atoms with Gasteiger partial charge in [0.25, 0.3) is 6.43 Å². The van der Waals surface area contributed by atoms with Gasteiger partial charge in [0.2, 0.25) is 10.0 Å². The van der Waals surface area contributed by atoms with Crippen molar-refractivity contribution in [3.05, 3.63) is 28.8 Å². The summed E-state index contributed by atoms with van der Waals surface area (Å²) in [4.78, 5) is -0.115. The zero-order valence-corrected chi connectivity index (χ0v) is 11.7. The lowest BCUT2D eigenvalue weighted by molar-refractivity contribution is 0.0199. The van der Waals surface area contributed by atoms with Gasteiger partial charge in [-0.05, 0) is 18.2 Å². The van der Waals surface area contributed by atoms with Crippen LogP contribution in [0.4, 0.5) is 8.78 Å². The van der Waals surface area contributed by atoms with Crippen LogP contribution in [-0.2, 0) is 14.8 Å². The van der Waals surface area contributed by atoms with Crippen molar-refractivity contribution in [2.45, 2.75) is 11.3 Å². The topological polar surface area (TPSA) is 79.2 Å². The van der Waals surface area contributed by atoms with Crippen LogP contribution in [0.25, 0.3) is 0 Å². The van der Waals surface area contributed by atoms with Crippen molar-refractivity contribution in [2.24, 2.45) is 0 Å². The fourth-order valence-electron chi connectivity index (χ4n) is 1.26. The van der Waals surface area contributed by atoms with Gasteiger partial charge in [-0.15, -0.1) is 0 Å². The number of benzene rings is 1. The number of ether oxygens (including phenoxy) is 1. The normalized spacial score (nSPS) is 11.6. The Balaban J connectivity index is 2.61. The van der Waals surface area contributed by atoms with Gasteiger partial charge in [0, 0.05) is 6.54 Å². The summed E-state index contributed by atoms with van der Waals surface area (Å²) < 4.78 is 53.9. The van der Waals surface area contributed by atoms with Crippen molar-refractivity contribution < 1.29 is 21.9 Å². The van der Waals surface area contributed by atoms with Crippen molar-refractivity contribution >= 4 is 21.6 Å². The van der Waals surface area contributed by atoms with E-state index in [9.17, 15) is 17.2 Å². The molecule has 0 aromatic heterocycles. The summed E-state index contributed by atoms with van der Waals surface area (Å²) in [5.41, 5.74) is 0.158. The molecule has 0 fully saturated rings. The first-order valence-electron chi connectivity index (χ1n) is 5.42. The Morgan fingerprint density at radius 1 is 1.45 bits per heavy atom. The standard InChI is InChI=1S/C11H11ClF2N2O3S/c12-10-5-9(2-1-8(10)6-15)20(17,18)16-3-4-19-7-11(13)14/h1-2,5,11,16H,3-4,7H2. The van der Waals surface area contributed by atoms with Gasteiger partial charge in [0.15, 0.2) is 0 Å². The molecule has 1 aromatic rings. The molecule has 110 valence electrons. The number of sulfonamides is 1. The Morgan fingerprint density at radius 2 is 2.15 bits per heavy atom. The number of halogens is 3. The van der Waals surface area contributed by atoms with Gasteiger partial charge in [-0.3, -0.25) is 0 Å². The van der Waals surface area contributed by atoms with Gasteiger partial charge in [0.1, 0.15) is 12.7 Å². The van der Waals surface area contributed by atoms with Crippen molar-refractivity contribution in [1.82, 2.24) is 4.72 Å². The number of hydrogen-bond donors (Lipinski definition) is 1. The van der Waals surface area contributed by atoms with Crippen LogP contribution in [0, 0.1) is 11.3 Å². The zero-order valence-electron chi connectivity index (χ0n) is 10.1. The smallest absolute Gasteiger partial charge is 0.261 e. The molecular formula is C11H11ClF2N2O3S. The fourth-order valence-corrected chi connectivity index (χ4v) is 2.58. The number of nitrogens with zero attached hydrogens (tertiary/aromatic N) is 1. The highest BCUT2D eigenvalue weighted by molar-refractivity contribution is 7.89. The van der Waals surface area contributed by atoms with Crippen LogP contribution in [0.2, 0.25) is 5.02 Å². The second-order valence-corrected chi connectivity index (χ2v) is 5.79. The van der Waals surface area contributed by atoms with E-state index in [0.717, 1.165) is 6.07 Å². The van der Waals surface area contributed by atoms with Crippen molar-refractivity contribution in [3.63, 3.8) is 0 Å². The van der Waals surface area contributed by atoms with Gasteiger partial charge in [-0.1, -0.05) is 11.6 Å².